The summed E-state index contributed by atoms with van der Waals surface area (Å²) in [5.74, 6) is -1.69. The molecule has 6 heteroatoms. The van der Waals surface area contributed by atoms with Crippen LogP contribution in [0.25, 0.3) is 0 Å². The highest BCUT2D eigenvalue weighted by atomic mass is 32.1. The van der Waals surface area contributed by atoms with Crippen LogP contribution in [0.2, 0.25) is 0 Å². The summed E-state index contributed by atoms with van der Waals surface area (Å²) in [6.45, 7) is 0.347. The predicted octanol–water partition coefficient (Wildman–Crippen LogP) is 3.95. The Morgan fingerprint density at radius 3 is 2.71 bits per heavy atom. The third-order valence-electron chi connectivity index (χ3n) is 7.05. The SMILES string of the molecule is O=C1OC(O)(C2CCCCC2)C(Cc2ccsc2)=C1C1CCC2OCOC2C1. The van der Waals surface area contributed by atoms with Crippen molar-refractivity contribution in [2.45, 2.75) is 75.8 Å². The largest absolute Gasteiger partial charge is 0.425 e. The Labute approximate surface area is 169 Å². The molecule has 1 N–H and O–H groups in total. The van der Waals surface area contributed by atoms with Gasteiger partial charge in [-0.15, -0.1) is 0 Å². The highest BCUT2D eigenvalue weighted by Crippen LogP contribution is 2.48. The first-order chi connectivity index (χ1) is 13.6. The van der Waals surface area contributed by atoms with E-state index in [-0.39, 0.29) is 30.0 Å². The van der Waals surface area contributed by atoms with Gasteiger partial charge in [-0.25, -0.2) is 4.79 Å². The summed E-state index contributed by atoms with van der Waals surface area (Å²) in [4.78, 5) is 13.1. The smallest absolute Gasteiger partial charge is 0.337 e. The Hall–Kier alpha value is -1.21. The molecule has 0 spiro atoms. The van der Waals surface area contributed by atoms with Crippen molar-refractivity contribution < 1.29 is 24.1 Å². The number of cyclic esters (lactones) is 1. The van der Waals surface area contributed by atoms with Crippen molar-refractivity contribution >= 4 is 17.3 Å². The van der Waals surface area contributed by atoms with Gasteiger partial charge in [-0.3, -0.25) is 0 Å². The standard InChI is InChI=1S/C22H28O5S/c23-21-20(15-6-7-18-19(11-15)26-13-25-18)17(10-14-8-9-28-12-14)22(24,27-21)16-4-2-1-3-5-16/h8-9,12,15-16,18-19,24H,1-7,10-11,13H2. The van der Waals surface area contributed by atoms with E-state index in [4.69, 9.17) is 14.2 Å². The van der Waals surface area contributed by atoms with Gasteiger partial charge in [0.1, 0.15) is 6.79 Å². The van der Waals surface area contributed by atoms with E-state index in [1.54, 1.807) is 11.3 Å². The fourth-order valence-corrected chi connectivity index (χ4v) is 6.24. The molecule has 1 aromatic rings. The monoisotopic (exact) mass is 404 g/mol. The molecule has 3 heterocycles. The van der Waals surface area contributed by atoms with Gasteiger partial charge in [-0.1, -0.05) is 19.3 Å². The van der Waals surface area contributed by atoms with Gasteiger partial charge in [0.15, 0.2) is 0 Å². The Balaban J connectivity index is 1.51. The van der Waals surface area contributed by atoms with Crippen LogP contribution < -0.4 is 0 Å². The molecule has 4 unspecified atom stereocenters. The number of fused-ring (bicyclic) bond motifs is 1. The van der Waals surface area contributed by atoms with E-state index in [0.717, 1.165) is 56.1 Å². The Bertz CT molecular complexity index is 751. The maximum atomic E-state index is 13.1. The lowest BCUT2D eigenvalue weighted by Gasteiger charge is -2.36. The molecule has 5 rings (SSSR count). The van der Waals surface area contributed by atoms with E-state index in [1.165, 1.54) is 6.42 Å². The molecule has 0 bridgehead atoms. The van der Waals surface area contributed by atoms with Crippen LogP contribution in [0.4, 0.5) is 0 Å². The maximum Gasteiger partial charge on any atom is 0.337 e. The van der Waals surface area contributed by atoms with Crippen molar-refractivity contribution in [3.05, 3.63) is 33.5 Å². The highest BCUT2D eigenvalue weighted by Gasteiger charge is 2.53. The minimum absolute atomic E-state index is 0.00117. The van der Waals surface area contributed by atoms with Crippen LogP contribution in [0, 0.1) is 11.8 Å². The molecule has 2 aliphatic carbocycles. The van der Waals surface area contributed by atoms with Crippen molar-refractivity contribution in [2.75, 3.05) is 6.79 Å². The lowest BCUT2D eigenvalue weighted by Crippen LogP contribution is -2.42. The van der Waals surface area contributed by atoms with Crippen LogP contribution in [0.15, 0.2) is 28.0 Å². The van der Waals surface area contributed by atoms with E-state index in [9.17, 15) is 9.90 Å². The van der Waals surface area contributed by atoms with Crippen molar-refractivity contribution in [1.29, 1.82) is 0 Å². The summed E-state index contributed by atoms with van der Waals surface area (Å²) in [5, 5.41) is 15.8. The third-order valence-corrected chi connectivity index (χ3v) is 7.78. The first-order valence-electron chi connectivity index (χ1n) is 10.6. The molecule has 0 radical (unpaired) electrons. The average Bonchev–Trinajstić information content (AvgIpc) is 3.43. The first kappa shape index (κ1) is 18.8. The van der Waals surface area contributed by atoms with Gasteiger partial charge in [0.2, 0.25) is 5.79 Å². The molecule has 3 fully saturated rings. The van der Waals surface area contributed by atoms with Crippen LogP contribution in [0.3, 0.4) is 0 Å². The molecule has 2 aliphatic heterocycles. The minimum atomic E-state index is -1.45. The third kappa shape index (κ3) is 3.24. The molecule has 2 saturated carbocycles. The van der Waals surface area contributed by atoms with E-state index in [0.29, 0.717) is 18.8 Å². The van der Waals surface area contributed by atoms with Crippen LogP contribution in [-0.2, 0) is 25.4 Å². The van der Waals surface area contributed by atoms with Gasteiger partial charge in [0, 0.05) is 23.5 Å². The van der Waals surface area contributed by atoms with Crippen molar-refractivity contribution in [3.63, 3.8) is 0 Å². The fraction of sp³-hybridized carbons (Fsp3) is 0.682. The Morgan fingerprint density at radius 2 is 1.93 bits per heavy atom. The van der Waals surface area contributed by atoms with Crippen LogP contribution in [0.1, 0.15) is 56.9 Å². The number of carbonyl (C=O) groups excluding carboxylic acids is 1. The van der Waals surface area contributed by atoms with Crippen LogP contribution in [-0.4, -0.2) is 35.9 Å². The molecule has 4 aliphatic rings. The summed E-state index contributed by atoms with van der Waals surface area (Å²) >= 11 is 1.64. The van der Waals surface area contributed by atoms with E-state index in [2.05, 4.69) is 11.4 Å². The second kappa shape index (κ2) is 7.56. The zero-order valence-electron chi connectivity index (χ0n) is 16.1. The van der Waals surface area contributed by atoms with E-state index >= 15 is 0 Å². The normalized spacial score (nSPS) is 36.6. The van der Waals surface area contributed by atoms with Gasteiger partial charge in [0.05, 0.1) is 12.2 Å². The summed E-state index contributed by atoms with van der Waals surface area (Å²) in [7, 11) is 0. The molecule has 1 saturated heterocycles. The highest BCUT2D eigenvalue weighted by molar-refractivity contribution is 7.07. The van der Waals surface area contributed by atoms with Gasteiger partial charge in [-0.05, 0) is 60.4 Å². The summed E-state index contributed by atoms with van der Waals surface area (Å²) in [5.41, 5.74) is 2.66. The lowest BCUT2D eigenvalue weighted by atomic mass is 9.74. The molecular formula is C22H28O5S. The minimum Gasteiger partial charge on any atom is -0.425 e. The average molecular weight is 405 g/mol. The van der Waals surface area contributed by atoms with Gasteiger partial charge in [-0.2, -0.15) is 11.3 Å². The number of carbonyl (C=O) groups is 1. The molecule has 1 aromatic heterocycles. The number of ether oxygens (including phenoxy) is 3. The molecule has 28 heavy (non-hydrogen) atoms. The molecule has 0 aromatic carbocycles. The van der Waals surface area contributed by atoms with Crippen molar-refractivity contribution in [1.82, 2.24) is 0 Å². The topological polar surface area (TPSA) is 65.0 Å². The Kier molecular flexibility index (Phi) is 5.07. The fourth-order valence-electron chi connectivity index (χ4n) is 5.57. The summed E-state index contributed by atoms with van der Waals surface area (Å²) in [6, 6.07) is 2.07. The van der Waals surface area contributed by atoms with Crippen LogP contribution >= 0.6 is 11.3 Å². The predicted molar refractivity (Wildman–Crippen MR) is 105 cm³/mol. The molecule has 5 nitrogen and oxygen atoms in total. The quantitative estimate of drug-likeness (QED) is 0.770. The number of rotatable bonds is 4. The number of hydrogen-bond acceptors (Lipinski definition) is 6. The van der Waals surface area contributed by atoms with Crippen molar-refractivity contribution in [3.8, 4) is 0 Å². The summed E-state index contributed by atoms with van der Waals surface area (Å²) in [6.07, 6.45) is 8.50. The van der Waals surface area contributed by atoms with Gasteiger partial charge < -0.3 is 19.3 Å². The molecule has 4 atom stereocenters. The molecule has 0 amide bonds. The molecule has 152 valence electrons. The van der Waals surface area contributed by atoms with Crippen molar-refractivity contribution in [2.24, 2.45) is 11.8 Å². The van der Waals surface area contributed by atoms with Gasteiger partial charge >= 0.3 is 5.97 Å². The second-order valence-electron chi connectivity index (χ2n) is 8.66. The summed E-state index contributed by atoms with van der Waals surface area (Å²) < 4.78 is 17.2. The number of esters is 1. The van der Waals surface area contributed by atoms with E-state index in [1.807, 2.05) is 5.38 Å². The van der Waals surface area contributed by atoms with E-state index < -0.39 is 5.79 Å². The molecular weight excluding hydrogens is 376 g/mol. The van der Waals surface area contributed by atoms with Crippen LogP contribution in [0.5, 0.6) is 0 Å². The first-order valence-corrected chi connectivity index (χ1v) is 11.5. The number of aliphatic hydroxyl groups is 1. The Morgan fingerprint density at radius 1 is 1.11 bits per heavy atom. The zero-order valence-corrected chi connectivity index (χ0v) is 16.9. The van der Waals surface area contributed by atoms with Gasteiger partial charge in [0.25, 0.3) is 0 Å². The number of thiophene rings is 1. The lowest BCUT2D eigenvalue weighted by molar-refractivity contribution is -0.204. The number of hydrogen-bond donors (Lipinski definition) is 1. The second-order valence-corrected chi connectivity index (χ2v) is 9.44. The zero-order chi connectivity index (χ0) is 19.1. The maximum absolute atomic E-state index is 13.1.